The molecule has 0 aromatic rings. The Kier molecular flexibility index (Phi) is 2.64. The molecule has 0 saturated carbocycles. The summed E-state index contributed by atoms with van der Waals surface area (Å²) in [7, 11) is 1.40. The summed E-state index contributed by atoms with van der Waals surface area (Å²) in [5.74, 6) is -0.0833. The average molecular weight is 99.1 g/mol. The normalized spacial score (nSPS) is 10.1. The van der Waals surface area contributed by atoms with Crippen LogP contribution in [0.4, 0.5) is 0 Å². The molecule has 0 atom stereocenters. The summed E-state index contributed by atoms with van der Waals surface area (Å²) in [5, 5.41) is 15.8. The zero-order chi connectivity index (χ0) is 5.70. The topological polar surface area (TPSA) is 68.4 Å². The highest BCUT2D eigenvalue weighted by molar-refractivity contribution is 5.95. The van der Waals surface area contributed by atoms with Gasteiger partial charge in [0.05, 0.1) is 0 Å². The summed E-state index contributed by atoms with van der Waals surface area (Å²) in [5.41, 5.74) is 1.59. The summed E-state index contributed by atoms with van der Waals surface area (Å²) < 4.78 is 0. The van der Waals surface area contributed by atoms with Crippen molar-refractivity contribution in [2.45, 2.75) is 0 Å². The molecular weight excluding hydrogens is 94.1 g/mol. The zero-order valence-electron chi connectivity index (χ0n) is 3.84. The molecule has 0 amide bonds. The van der Waals surface area contributed by atoms with Gasteiger partial charge in [0.2, 0.25) is 5.84 Å². The maximum absolute atomic E-state index is 7.92. The molecule has 0 aliphatic heterocycles. The minimum absolute atomic E-state index is 0.0833. The van der Waals surface area contributed by atoms with Gasteiger partial charge in [0.1, 0.15) is 6.07 Å². The number of nitriles is 1. The SMILES string of the molecule is CN=C(C#N)NO. The molecule has 0 saturated heterocycles. The first-order chi connectivity index (χ1) is 3.35. The van der Waals surface area contributed by atoms with Crippen LogP contribution in [0.15, 0.2) is 4.99 Å². The minimum atomic E-state index is -0.0833. The number of hydroxylamine groups is 1. The van der Waals surface area contributed by atoms with Gasteiger partial charge in [0.15, 0.2) is 0 Å². The average Bonchev–Trinajstić information content (AvgIpc) is 1.72. The van der Waals surface area contributed by atoms with Crippen molar-refractivity contribution in [2.24, 2.45) is 4.99 Å². The predicted octanol–water partition coefficient (Wildman–Crippen LogP) is -0.483. The van der Waals surface area contributed by atoms with Crippen LogP contribution in [-0.4, -0.2) is 18.1 Å². The van der Waals surface area contributed by atoms with Crippen LogP contribution < -0.4 is 5.48 Å². The lowest BCUT2D eigenvalue weighted by atomic mass is 10.7. The quantitative estimate of drug-likeness (QED) is 0.245. The lowest BCUT2D eigenvalue weighted by Gasteiger charge is -1.85. The Morgan fingerprint density at radius 2 is 2.57 bits per heavy atom. The van der Waals surface area contributed by atoms with E-state index in [9.17, 15) is 0 Å². The van der Waals surface area contributed by atoms with Gasteiger partial charge in [-0.2, -0.15) is 5.26 Å². The van der Waals surface area contributed by atoms with Crippen molar-refractivity contribution in [1.82, 2.24) is 5.48 Å². The first-order valence-corrected chi connectivity index (χ1v) is 1.62. The molecular formula is C3H5N3O. The van der Waals surface area contributed by atoms with Gasteiger partial charge >= 0.3 is 0 Å². The van der Waals surface area contributed by atoms with Crippen molar-refractivity contribution in [3.63, 3.8) is 0 Å². The second kappa shape index (κ2) is 3.12. The second-order valence-corrected chi connectivity index (χ2v) is 0.796. The van der Waals surface area contributed by atoms with Crippen molar-refractivity contribution in [3.05, 3.63) is 0 Å². The molecule has 0 aliphatic rings. The van der Waals surface area contributed by atoms with Crippen LogP contribution >= 0.6 is 0 Å². The molecule has 0 fully saturated rings. The van der Waals surface area contributed by atoms with Crippen molar-refractivity contribution in [2.75, 3.05) is 7.05 Å². The van der Waals surface area contributed by atoms with E-state index in [1.807, 2.05) is 0 Å². The molecule has 0 aliphatic carbocycles. The van der Waals surface area contributed by atoms with E-state index in [0.29, 0.717) is 0 Å². The Hall–Kier alpha value is -1.08. The van der Waals surface area contributed by atoms with Gasteiger partial charge in [-0.15, -0.1) is 0 Å². The fourth-order valence-electron chi connectivity index (χ4n) is 0.125. The fourth-order valence-corrected chi connectivity index (χ4v) is 0.125. The van der Waals surface area contributed by atoms with Gasteiger partial charge in [0.25, 0.3) is 0 Å². The van der Waals surface area contributed by atoms with Gasteiger partial charge in [-0.3, -0.25) is 10.2 Å². The summed E-state index contributed by atoms with van der Waals surface area (Å²) >= 11 is 0. The number of nitrogens with zero attached hydrogens (tertiary/aromatic N) is 2. The monoisotopic (exact) mass is 99.0 g/mol. The summed E-state index contributed by atoms with van der Waals surface area (Å²) in [4.78, 5) is 3.32. The van der Waals surface area contributed by atoms with Crippen molar-refractivity contribution in [1.29, 1.82) is 5.26 Å². The number of nitrogens with one attached hydrogen (secondary N) is 1. The number of hydrogen-bond acceptors (Lipinski definition) is 3. The summed E-state index contributed by atoms with van der Waals surface area (Å²) in [6.07, 6.45) is 0. The molecule has 4 nitrogen and oxygen atoms in total. The Bertz CT molecular complexity index is 112. The number of amidine groups is 1. The third-order valence-corrected chi connectivity index (χ3v) is 0.435. The fraction of sp³-hybridized carbons (Fsp3) is 0.333. The van der Waals surface area contributed by atoms with Crippen LogP contribution in [0, 0.1) is 11.3 Å². The third kappa shape index (κ3) is 1.73. The molecule has 0 radical (unpaired) electrons. The van der Waals surface area contributed by atoms with E-state index >= 15 is 0 Å². The lowest BCUT2D eigenvalue weighted by Crippen LogP contribution is -2.15. The highest BCUT2D eigenvalue weighted by atomic mass is 16.5. The van der Waals surface area contributed by atoms with Crippen LogP contribution in [0.25, 0.3) is 0 Å². The van der Waals surface area contributed by atoms with Gasteiger partial charge in [0, 0.05) is 7.05 Å². The van der Waals surface area contributed by atoms with Gasteiger partial charge in [-0.1, -0.05) is 0 Å². The number of rotatable bonds is 0. The molecule has 0 unspecified atom stereocenters. The van der Waals surface area contributed by atoms with Crippen LogP contribution in [0.5, 0.6) is 0 Å². The molecule has 0 bridgehead atoms. The van der Waals surface area contributed by atoms with E-state index in [1.54, 1.807) is 11.5 Å². The van der Waals surface area contributed by atoms with Crippen molar-refractivity contribution in [3.8, 4) is 6.07 Å². The number of hydrogen-bond donors (Lipinski definition) is 2. The van der Waals surface area contributed by atoms with Gasteiger partial charge in [-0.05, 0) is 0 Å². The Morgan fingerprint density at radius 3 is 2.57 bits per heavy atom. The van der Waals surface area contributed by atoms with Gasteiger partial charge in [-0.25, -0.2) is 5.48 Å². The molecule has 0 rings (SSSR count). The second-order valence-electron chi connectivity index (χ2n) is 0.796. The smallest absolute Gasteiger partial charge is 0.224 e. The van der Waals surface area contributed by atoms with E-state index < -0.39 is 0 Å². The van der Waals surface area contributed by atoms with E-state index in [-0.39, 0.29) is 5.84 Å². The maximum atomic E-state index is 7.92. The largest absolute Gasteiger partial charge is 0.289 e. The van der Waals surface area contributed by atoms with Crippen LogP contribution in [0.2, 0.25) is 0 Å². The minimum Gasteiger partial charge on any atom is -0.289 e. The first-order valence-electron chi connectivity index (χ1n) is 1.62. The Morgan fingerprint density at radius 1 is 2.00 bits per heavy atom. The molecule has 4 heteroatoms. The third-order valence-electron chi connectivity index (χ3n) is 0.435. The molecule has 0 aromatic carbocycles. The standard InChI is InChI=1S/C3H5N3O/c1-5-3(2-4)6-7/h7H,1H3,(H,5,6). The van der Waals surface area contributed by atoms with Crippen LogP contribution in [0.1, 0.15) is 0 Å². The maximum Gasteiger partial charge on any atom is 0.224 e. The van der Waals surface area contributed by atoms with Crippen LogP contribution in [-0.2, 0) is 0 Å². The van der Waals surface area contributed by atoms with Gasteiger partial charge < -0.3 is 0 Å². The summed E-state index contributed by atoms with van der Waals surface area (Å²) in [6, 6.07) is 1.59. The molecule has 7 heavy (non-hydrogen) atoms. The van der Waals surface area contributed by atoms with Crippen molar-refractivity contribution >= 4 is 5.84 Å². The highest BCUT2D eigenvalue weighted by Crippen LogP contribution is 1.60. The van der Waals surface area contributed by atoms with E-state index in [2.05, 4.69) is 4.99 Å². The van der Waals surface area contributed by atoms with E-state index in [4.69, 9.17) is 10.5 Å². The van der Waals surface area contributed by atoms with E-state index in [0.717, 1.165) is 0 Å². The van der Waals surface area contributed by atoms with E-state index in [1.165, 1.54) is 7.05 Å². The Labute approximate surface area is 41.1 Å². The lowest BCUT2D eigenvalue weighted by molar-refractivity contribution is 0.236. The predicted molar refractivity (Wildman–Crippen MR) is 23.9 cm³/mol. The number of aliphatic imine (C=N–C) groups is 1. The molecule has 0 heterocycles. The molecule has 2 N–H and O–H groups in total. The molecule has 0 spiro atoms. The zero-order valence-corrected chi connectivity index (χ0v) is 3.84. The van der Waals surface area contributed by atoms with Crippen LogP contribution in [0.3, 0.4) is 0 Å². The first kappa shape index (κ1) is 5.92. The van der Waals surface area contributed by atoms with Crippen molar-refractivity contribution < 1.29 is 5.21 Å². The summed E-state index contributed by atoms with van der Waals surface area (Å²) in [6.45, 7) is 0. The Balaban J connectivity index is 3.68. The highest BCUT2D eigenvalue weighted by Gasteiger charge is 1.83. The molecule has 38 valence electrons. The molecule has 0 aromatic heterocycles.